The zero-order valence-corrected chi connectivity index (χ0v) is 10.1. The zero-order valence-electron chi connectivity index (χ0n) is 10.1. The maximum atomic E-state index is 5.77. The molecule has 0 aliphatic carbocycles. The maximum absolute atomic E-state index is 5.77. The van der Waals surface area contributed by atoms with Crippen molar-refractivity contribution in [3.8, 4) is 0 Å². The Kier molecular flexibility index (Phi) is 5.53. The largest absolute Gasteiger partial charge is 0.382 e. The molecule has 1 rings (SSSR count). The molecular weight excluding hydrogens is 196 g/mol. The van der Waals surface area contributed by atoms with Crippen molar-refractivity contribution in [1.29, 1.82) is 0 Å². The van der Waals surface area contributed by atoms with E-state index in [1.54, 1.807) is 14.2 Å². The minimum atomic E-state index is -0.260. The molecule has 0 aromatic rings. The molecule has 0 radical (unpaired) electrons. The summed E-state index contributed by atoms with van der Waals surface area (Å²) in [6.07, 6.45) is 1.98. The fourth-order valence-corrected chi connectivity index (χ4v) is 1.76. The maximum Gasteiger partial charge on any atom is 0.184 e. The molecule has 4 heteroatoms. The fraction of sp³-hybridized carbons (Fsp3) is 1.00. The molecule has 1 heterocycles. The van der Waals surface area contributed by atoms with Crippen molar-refractivity contribution in [3.05, 3.63) is 0 Å². The Balaban J connectivity index is 2.45. The summed E-state index contributed by atoms with van der Waals surface area (Å²) in [4.78, 5) is 0. The van der Waals surface area contributed by atoms with Gasteiger partial charge in [-0.1, -0.05) is 0 Å². The summed E-state index contributed by atoms with van der Waals surface area (Å²) in [5, 5.41) is 0. The van der Waals surface area contributed by atoms with Crippen LogP contribution in [0.25, 0.3) is 0 Å². The van der Waals surface area contributed by atoms with Crippen LogP contribution in [-0.2, 0) is 18.9 Å². The lowest BCUT2D eigenvalue weighted by Crippen LogP contribution is -2.44. The summed E-state index contributed by atoms with van der Waals surface area (Å²) in [5.74, 6) is 0. The Morgan fingerprint density at radius 3 is 2.53 bits per heavy atom. The molecule has 3 atom stereocenters. The predicted molar refractivity (Wildman–Crippen MR) is 56.8 cm³/mol. The first-order valence-electron chi connectivity index (χ1n) is 5.50. The van der Waals surface area contributed by atoms with Gasteiger partial charge in [-0.2, -0.15) is 0 Å². The van der Waals surface area contributed by atoms with Gasteiger partial charge in [-0.25, -0.2) is 0 Å². The zero-order chi connectivity index (χ0) is 11.3. The van der Waals surface area contributed by atoms with Crippen LogP contribution in [0, 0.1) is 0 Å². The van der Waals surface area contributed by atoms with Crippen molar-refractivity contribution >= 4 is 0 Å². The van der Waals surface area contributed by atoms with Crippen LogP contribution >= 0.6 is 0 Å². The van der Waals surface area contributed by atoms with Crippen LogP contribution < -0.4 is 0 Å². The second-order valence-electron chi connectivity index (χ2n) is 4.12. The minimum absolute atomic E-state index is 0.0421. The highest BCUT2D eigenvalue weighted by Gasteiger charge is 2.32. The predicted octanol–water partition coefficient (Wildman–Crippen LogP) is 1.58. The molecule has 0 amide bonds. The second kappa shape index (κ2) is 6.43. The van der Waals surface area contributed by atoms with Gasteiger partial charge in [0.2, 0.25) is 0 Å². The molecule has 1 fully saturated rings. The highest BCUT2D eigenvalue weighted by Crippen LogP contribution is 2.23. The van der Waals surface area contributed by atoms with E-state index in [2.05, 4.69) is 0 Å². The standard InChI is InChI=1S/C11H22O4/c1-8(2)14-11-10(13-4)6-5-9(15-11)7-12-3/h8-11H,5-7H2,1-4H3/t9-,10+,11-/m0/s1. The first kappa shape index (κ1) is 12.9. The third kappa shape index (κ3) is 4.07. The summed E-state index contributed by atoms with van der Waals surface area (Å²) in [6.45, 7) is 4.61. The van der Waals surface area contributed by atoms with Crippen molar-refractivity contribution in [1.82, 2.24) is 0 Å². The molecule has 4 nitrogen and oxygen atoms in total. The third-order valence-corrected chi connectivity index (χ3v) is 2.46. The SMILES string of the molecule is COC[C@@H]1CC[C@@H](OC)[C@@H](OC(C)C)O1. The minimum Gasteiger partial charge on any atom is -0.382 e. The number of hydrogen-bond donors (Lipinski definition) is 0. The molecule has 0 aromatic heterocycles. The molecule has 0 spiro atoms. The van der Waals surface area contributed by atoms with Gasteiger partial charge < -0.3 is 18.9 Å². The smallest absolute Gasteiger partial charge is 0.184 e. The van der Waals surface area contributed by atoms with Crippen LogP contribution in [0.4, 0.5) is 0 Å². The van der Waals surface area contributed by atoms with Gasteiger partial charge in [0.25, 0.3) is 0 Å². The summed E-state index contributed by atoms with van der Waals surface area (Å²) in [6, 6.07) is 0. The molecule has 0 N–H and O–H groups in total. The fourth-order valence-electron chi connectivity index (χ4n) is 1.76. The van der Waals surface area contributed by atoms with Gasteiger partial charge in [-0.3, -0.25) is 0 Å². The van der Waals surface area contributed by atoms with Crippen LogP contribution in [0.2, 0.25) is 0 Å². The Labute approximate surface area is 91.8 Å². The van der Waals surface area contributed by atoms with Gasteiger partial charge in [0.05, 0.1) is 18.8 Å². The van der Waals surface area contributed by atoms with Crippen LogP contribution in [0.1, 0.15) is 26.7 Å². The third-order valence-electron chi connectivity index (χ3n) is 2.46. The molecule has 1 aliphatic heterocycles. The topological polar surface area (TPSA) is 36.9 Å². The average Bonchev–Trinajstić information content (AvgIpc) is 2.18. The summed E-state index contributed by atoms with van der Waals surface area (Å²) in [7, 11) is 3.38. The highest BCUT2D eigenvalue weighted by molar-refractivity contribution is 4.74. The summed E-state index contributed by atoms with van der Waals surface area (Å²) < 4.78 is 21.9. The van der Waals surface area contributed by atoms with E-state index in [-0.39, 0.29) is 24.6 Å². The van der Waals surface area contributed by atoms with Crippen molar-refractivity contribution in [2.24, 2.45) is 0 Å². The molecule has 15 heavy (non-hydrogen) atoms. The molecule has 0 aromatic carbocycles. The number of rotatable bonds is 5. The first-order valence-corrected chi connectivity index (χ1v) is 5.50. The molecule has 0 unspecified atom stereocenters. The number of ether oxygens (including phenoxy) is 4. The van der Waals surface area contributed by atoms with Crippen molar-refractivity contribution in [2.45, 2.75) is 51.3 Å². The quantitative estimate of drug-likeness (QED) is 0.702. The average molecular weight is 218 g/mol. The van der Waals surface area contributed by atoms with E-state index >= 15 is 0 Å². The van der Waals surface area contributed by atoms with Crippen molar-refractivity contribution < 1.29 is 18.9 Å². The van der Waals surface area contributed by atoms with Crippen LogP contribution in [0.5, 0.6) is 0 Å². The monoisotopic (exact) mass is 218 g/mol. The number of hydrogen-bond acceptors (Lipinski definition) is 4. The molecule has 0 saturated carbocycles. The van der Waals surface area contributed by atoms with Gasteiger partial charge in [-0.15, -0.1) is 0 Å². The van der Waals surface area contributed by atoms with E-state index in [0.717, 1.165) is 12.8 Å². The summed E-state index contributed by atoms with van der Waals surface area (Å²) in [5.41, 5.74) is 0. The Hall–Kier alpha value is -0.160. The number of methoxy groups -OCH3 is 2. The van der Waals surface area contributed by atoms with Crippen LogP contribution in [0.3, 0.4) is 0 Å². The van der Waals surface area contributed by atoms with E-state index in [9.17, 15) is 0 Å². The van der Waals surface area contributed by atoms with Gasteiger partial charge in [0.15, 0.2) is 6.29 Å². The molecular formula is C11H22O4. The van der Waals surface area contributed by atoms with Gasteiger partial charge >= 0.3 is 0 Å². The molecule has 1 aliphatic rings. The summed E-state index contributed by atoms with van der Waals surface area (Å²) >= 11 is 0. The van der Waals surface area contributed by atoms with E-state index in [1.165, 1.54) is 0 Å². The van der Waals surface area contributed by atoms with Crippen LogP contribution in [0.15, 0.2) is 0 Å². The Bertz CT molecular complexity index is 172. The lowest BCUT2D eigenvalue weighted by Gasteiger charge is -2.36. The molecule has 1 saturated heterocycles. The van der Waals surface area contributed by atoms with Gasteiger partial charge in [0, 0.05) is 14.2 Å². The Morgan fingerprint density at radius 1 is 1.27 bits per heavy atom. The van der Waals surface area contributed by atoms with E-state index in [0.29, 0.717) is 6.61 Å². The second-order valence-corrected chi connectivity index (χ2v) is 4.12. The van der Waals surface area contributed by atoms with Crippen LogP contribution in [-0.4, -0.2) is 45.4 Å². The van der Waals surface area contributed by atoms with Crippen molar-refractivity contribution in [2.75, 3.05) is 20.8 Å². The van der Waals surface area contributed by atoms with Gasteiger partial charge in [-0.05, 0) is 26.7 Å². The normalized spacial score (nSPS) is 32.2. The van der Waals surface area contributed by atoms with Crippen molar-refractivity contribution in [3.63, 3.8) is 0 Å². The van der Waals surface area contributed by atoms with Gasteiger partial charge in [0.1, 0.15) is 6.10 Å². The van der Waals surface area contributed by atoms with E-state index < -0.39 is 0 Å². The highest BCUT2D eigenvalue weighted by atomic mass is 16.7. The first-order chi connectivity index (χ1) is 7.17. The Morgan fingerprint density at radius 2 is 2.00 bits per heavy atom. The molecule has 0 bridgehead atoms. The lowest BCUT2D eigenvalue weighted by atomic mass is 10.1. The van der Waals surface area contributed by atoms with E-state index in [1.807, 2.05) is 13.8 Å². The molecule has 90 valence electrons. The lowest BCUT2D eigenvalue weighted by molar-refractivity contribution is -0.262. The van der Waals surface area contributed by atoms with E-state index in [4.69, 9.17) is 18.9 Å².